The van der Waals surface area contributed by atoms with Crippen LogP contribution in [-0.2, 0) is 0 Å². The standard InChI is InChI=1S/C16H14N2O3/c1-11-5-4-6-12(9-11)10-17-18-15(19)13-7-2-3-8-14(13)16(20)21/h2-10H,1H3,(H,18,19)(H,20,21)/b17-10+. The second-order valence-corrected chi connectivity index (χ2v) is 4.46. The van der Waals surface area contributed by atoms with Gasteiger partial charge >= 0.3 is 5.97 Å². The van der Waals surface area contributed by atoms with Gasteiger partial charge in [0.2, 0.25) is 0 Å². The van der Waals surface area contributed by atoms with E-state index in [-0.39, 0.29) is 11.1 Å². The Morgan fingerprint density at radius 1 is 1.10 bits per heavy atom. The Morgan fingerprint density at radius 2 is 1.81 bits per heavy atom. The van der Waals surface area contributed by atoms with E-state index in [1.807, 2.05) is 31.2 Å². The molecule has 5 heteroatoms. The van der Waals surface area contributed by atoms with Gasteiger partial charge in [0.25, 0.3) is 5.91 Å². The molecule has 0 bridgehead atoms. The van der Waals surface area contributed by atoms with Gasteiger partial charge in [-0.15, -0.1) is 0 Å². The number of hydrogen-bond donors (Lipinski definition) is 2. The van der Waals surface area contributed by atoms with Gasteiger partial charge in [-0.1, -0.05) is 42.0 Å². The minimum absolute atomic E-state index is 0.0549. The SMILES string of the molecule is Cc1cccc(/C=N/NC(=O)c2ccccc2C(=O)O)c1. The van der Waals surface area contributed by atoms with Gasteiger partial charge in [-0.3, -0.25) is 4.79 Å². The van der Waals surface area contributed by atoms with Gasteiger partial charge in [-0.25, -0.2) is 10.2 Å². The number of amides is 1. The third-order valence-corrected chi connectivity index (χ3v) is 2.82. The average Bonchev–Trinajstić information content (AvgIpc) is 2.47. The van der Waals surface area contributed by atoms with Crippen molar-refractivity contribution in [3.05, 3.63) is 70.8 Å². The van der Waals surface area contributed by atoms with Crippen LogP contribution in [-0.4, -0.2) is 23.2 Å². The predicted molar refractivity (Wildman–Crippen MR) is 79.6 cm³/mol. The summed E-state index contributed by atoms with van der Waals surface area (Å²) in [5.41, 5.74) is 4.28. The molecule has 2 aromatic rings. The lowest BCUT2D eigenvalue weighted by atomic mass is 10.1. The Labute approximate surface area is 121 Å². The summed E-state index contributed by atoms with van der Waals surface area (Å²) in [6, 6.07) is 13.6. The van der Waals surface area contributed by atoms with Crippen LogP contribution in [0.3, 0.4) is 0 Å². The van der Waals surface area contributed by atoms with E-state index in [0.29, 0.717) is 0 Å². The number of carbonyl (C=O) groups excluding carboxylic acids is 1. The number of aryl methyl sites for hydroxylation is 1. The van der Waals surface area contributed by atoms with Crippen molar-refractivity contribution in [3.8, 4) is 0 Å². The number of carbonyl (C=O) groups is 2. The van der Waals surface area contributed by atoms with E-state index >= 15 is 0 Å². The Kier molecular flexibility index (Phi) is 4.46. The van der Waals surface area contributed by atoms with Gasteiger partial charge in [-0.05, 0) is 24.6 Å². The first-order valence-electron chi connectivity index (χ1n) is 6.30. The molecule has 2 rings (SSSR count). The predicted octanol–water partition coefficient (Wildman–Crippen LogP) is 2.46. The van der Waals surface area contributed by atoms with E-state index in [4.69, 9.17) is 5.11 Å². The molecular formula is C16H14N2O3. The number of carboxylic acids is 1. The number of carboxylic acid groups (broad SMARTS) is 1. The van der Waals surface area contributed by atoms with Crippen LogP contribution in [0.25, 0.3) is 0 Å². The molecule has 0 unspecified atom stereocenters. The van der Waals surface area contributed by atoms with Crippen LogP contribution < -0.4 is 5.43 Å². The normalized spacial score (nSPS) is 10.5. The molecule has 0 fully saturated rings. The molecule has 2 aromatic carbocycles. The lowest BCUT2D eigenvalue weighted by Gasteiger charge is -2.03. The summed E-state index contributed by atoms with van der Waals surface area (Å²) in [5.74, 6) is -1.71. The van der Waals surface area contributed by atoms with Crippen LogP contribution in [0, 0.1) is 6.92 Å². The topological polar surface area (TPSA) is 78.8 Å². The number of nitrogens with zero attached hydrogens (tertiary/aromatic N) is 1. The lowest BCUT2D eigenvalue weighted by molar-refractivity contribution is 0.0691. The molecule has 0 radical (unpaired) electrons. The molecule has 0 aromatic heterocycles. The first-order valence-corrected chi connectivity index (χ1v) is 6.30. The first-order chi connectivity index (χ1) is 10.1. The molecule has 0 spiro atoms. The highest BCUT2D eigenvalue weighted by molar-refractivity contribution is 6.04. The third kappa shape index (κ3) is 3.76. The zero-order valence-corrected chi connectivity index (χ0v) is 11.4. The fourth-order valence-electron chi connectivity index (χ4n) is 1.84. The molecule has 2 N–H and O–H groups in total. The van der Waals surface area contributed by atoms with E-state index < -0.39 is 11.9 Å². The van der Waals surface area contributed by atoms with Crippen molar-refractivity contribution in [2.24, 2.45) is 5.10 Å². The monoisotopic (exact) mass is 282 g/mol. The smallest absolute Gasteiger partial charge is 0.336 e. The molecule has 0 heterocycles. The summed E-state index contributed by atoms with van der Waals surface area (Å²) >= 11 is 0. The quantitative estimate of drug-likeness (QED) is 0.668. The fraction of sp³-hybridized carbons (Fsp3) is 0.0625. The third-order valence-electron chi connectivity index (χ3n) is 2.82. The largest absolute Gasteiger partial charge is 0.478 e. The summed E-state index contributed by atoms with van der Waals surface area (Å²) in [6.07, 6.45) is 1.51. The van der Waals surface area contributed by atoms with Crippen molar-refractivity contribution in [3.63, 3.8) is 0 Å². The van der Waals surface area contributed by atoms with E-state index in [1.165, 1.54) is 18.3 Å². The first kappa shape index (κ1) is 14.5. The maximum Gasteiger partial charge on any atom is 0.336 e. The van der Waals surface area contributed by atoms with Crippen molar-refractivity contribution in [2.45, 2.75) is 6.92 Å². The maximum absolute atomic E-state index is 11.9. The molecule has 21 heavy (non-hydrogen) atoms. The van der Waals surface area contributed by atoms with Crippen molar-refractivity contribution in [1.82, 2.24) is 5.43 Å². The number of benzene rings is 2. The van der Waals surface area contributed by atoms with Gasteiger partial charge in [0.1, 0.15) is 0 Å². The average molecular weight is 282 g/mol. The summed E-state index contributed by atoms with van der Waals surface area (Å²) in [5, 5.41) is 12.9. The van der Waals surface area contributed by atoms with Crippen LogP contribution in [0.15, 0.2) is 53.6 Å². The minimum Gasteiger partial charge on any atom is -0.478 e. The van der Waals surface area contributed by atoms with Gasteiger partial charge < -0.3 is 5.11 Å². The molecule has 106 valence electrons. The van der Waals surface area contributed by atoms with E-state index in [0.717, 1.165) is 11.1 Å². The molecule has 5 nitrogen and oxygen atoms in total. The molecule has 1 amide bonds. The Bertz CT molecular complexity index is 708. The fourth-order valence-corrected chi connectivity index (χ4v) is 1.84. The van der Waals surface area contributed by atoms with Crippen molar-refractivity contribution in [1.29, 1.82) is 0 Å². The maximum atomic E-state index is 11.9. The van der Waals surface area contributed by atoms with Crippen LogP contribution in [0.2, 0.25) is 0 Å². The van der Waals surface area contributed by atoms with Crippen LogP contribution in [0.4, 0.5) is 0 Å². The van der Waals surface area contributed by atoms with Crippen molar-refractivity contribution < 1.29 is 14.7 Å². The highest BCUT2D eigenvalue weighted by Gasteiger charge is 2.14. The summed E-state index contributed by atoms with van der Waals surface area (Å²) in [6.45, 7) is 1.96. The molecule has 0 atom stereocenters. The molecule has 0 aliphatic carbocycles. The number of hydrazone groups is 1. The Morgan fingerprint density at radius 3 is 2.48 bits per heavy atom. The van der Waals surface area contributed by atoms with E-state index in [1.54, 1.807) is 12.1 Å². The minimum atomic E-state index is -1.15. The van der Waals surface area contributed by atoms with E-state index in [9.17, 15) is 9.59 Å². The number of rotatable bonds is 4. The Hall–Kier alpha value is -2.95. The molecule has 0 saturated heterocycles. The van der Waals surface area contributed by atoms with Gasteiger partial charge in [0, 0.05) is 0 Å². The number of aromatic carboxylic acids is 1. The van der Waals surface area contributed by atoms with Crippen LogP contribution in [0.1, 0.15) is 31.8 Å². The lowest BCUT2D eigenvalue weighted by Crippen LogP contribution is -2.20. The van der Waals surface area contributed by atoms with Crippen molar-refractivity contribution >= 4 is 18.1 Å². The van der Waals surface area contributed by atoms with E-state index in [2.05, 4.69) is 10.5 Å². The second kappa shape index (κ2) is 6.47. The van der Waals surface area contributed by atoms with Crippen LogP contribution >= 0.6 is 0 Å². The summed E-state index contributed by atoms with van der Waals surface area (Å²) < 4.78 is 0. The second-order valence-electron chi connectivity index (χ2n) is 4.46. The van der Waals surface area contributed by atoms with Gasteiger partial charge in [0.15, 0.2) is 0 Å². The molecular weight excluding hydrogens is 268 g/mol. The highest BCUT2D eigenvalue weighted by atomic mass is 16.4. The van der Waals surface area contributed by atoms with Crippen molar-refractivity contribution in [2.75, 3.05) is 0 Å². The summed E-state index contributed by atoms with van der Waals surface area (Å²) in [7, 11) is 0. The van der Waals surface area contributed by atoms with Crippen LogP contribution in [0.5, 0.6) is 0 Å². The van der Waals surface area contributed by atoms with Gasteiger partial charge in [-0.2, -0.15) is 5.10 Å². The Balaban J connectivity index is 2.11. The highest BCUT2D eigenvalue weighted by Crippen LogP contribution is 2.08. The summed E-state index contributed by atoms with van der Waals surface area (Å²) in [4.78, 5) is 23.0. The number of hydrogen-bond acceptors (Lipinski definition) is 3. The zero-order chi connectivity index (χ0) is 15.2. The zero-order valence-electron chi connectivity index (χ0n) is 11.4. The molecule has 0 aliphatic rings. The molecule has 0 saturated carbocycles. The van der Waals surface area contributed by atoms with Gasteiger partial charge in [0.05, 0.1) is 17.3 Å². The number of nitrogens with one attached hydrogen (secondary N) is 1. The molecule has 0 aliphatic heterocycles.